The van der Waals surface area contributed by atoms with Crippen LogP contribution in [0.5, 0.6) is 11.5 Å². The molecular weight excluding hydrogens is 757 g/mol. The Labute approximate surface area is 359 Å². The first-order valence-corrected chi connectivity index (χ1v) is 20.7. The molecule has 2 heterocycles. The number of aromatic nitrogens is 3. The van der Waals surface area contributed by atoms with Crippen molar-refractivity contribution in [1.82, 2.24) is 15.0 Å². The summed E-state index contributed by atoms with van der Waals surface area (Å²) in [7, 11) is 0. The van der Waals surface area contributed by atoms with Gasteiger partial charge in [-0.25, -0.2) is 15.0 Å². The first kappa shape index (κ1) is 36.6. The van der Waals surface area contributed by atoms with Gasteiger partial charge in [0.15, 0.2) is 17.5 Å². The van der Waals surface area contributed by atoms with Gasteiger partial charge in [-0.15, -0.1) is 0 Å². The minimum atomic E-state index is -0.656. The largest absolute Gasteiger partial charge is 0.455 e. The van der Waals surface area contributed by atoms with Gasteiger partial charge in [0.1, 0.15) is 11.5 Å². The molecule has 0 atom stereocenters. The van der Waals surface area contributed by atoms with Crippen molar-refractivity contribution in [3.8, 4) is 74.0 Å². The van der Waals surface area contributed by atoms with Crippen LogP contribution in [0.4, 0.5) is 0 Å². The summed E-state index contributed by atoms with van der Waals surface area (Å²) in [6.07, 6.45) is 0. The van der Waals surface area contributed by atoms with E-state index < -0.39 is 5.41 Å². The number of nitrogens with zero attached hydrogens (tertiary/aromatic N) is 4. The van der Waals surface area contributed by atoms with E-state index in [1.165, 1.54) is 11.1 Å². The van der Waals surface area contributed by atoms with Crippen LogP contribution in [0.3, 0.4) is 0 Å². The predicted molar refractivity (Wildman–Crippen MR) is 248 cm³/mol. The van der Waals surface area contributed by atoms with Crippen molar-refractivity contribution in [1.29, 1.82) is 5.26 Å². The van der Waals surface area contributed by atoms with Crippen LogP contribution in [0.15, 0.2) is 218 Å². The van der Waals surface area contributed by atoms with Gasteiger partial charge in [-0.2, -0.15) is 5.26 Å². The maximum Gasteiger partial charge on any atom is 0.164 e. The minimum Gasteiger partial charge on any atom is -0.455 e. The Balaban J connectivity index is 1.06. The first-order valence-electron chi connectivity index (χ1n) is 20.7. The molecule has 1 aliphatic rings. The molecule has 1 aliphatic heterocycles. The van der Waals surface area contributed by atoms with E-state index in [2.05, 4.69) is 158 Å². The number of para-hydroxylation sites is 1. The Hall–Kier alpha value is -8.46. The smallest absolute Gasteiger partial charge is 0.164 e. The van der Waals surface area contributed by atoms with Crippen LogP contribution in [-0.2, 0) is 5.41 Å². The molecule has 5 nitrogen and oxygen atoms in total. The fourth-order valence-corrected chi connectivity index (χ4v) is 8.98. The van der Waals surface area contributed by atoms with E-state index in [0.29, 0.717) is 23.0 Å². The molecule has 9 aromatic carbocycles. The highest BCUT2D eigenvalue weighted by atomic mass is 16.5. The van der Waals surface area contributed by atoms with Gasteiger partial charge in [-0.05, 0) is 69.6 Å². The molecule has 0 unspecified atom stereocenters. The van der Waals surface area contributed by atoms with E-state index in [1.54, 1.807) is 12.1 Å². The average molecular weight is 793 g/mol. The standard InChI is InChI=1S/C57H36N4O/c58-37-38-29-31-41(32-30-38)55-59-54(40-16-4-1-5-17-40)60-56(61-55)45-21-13-19-43(36-45)42-18-12-20-44(35-42)49-27-14-28-50-53(49)62-52-48-26-11-10-15-39(48)33-34-51(52)57(50,46-22-6-2-7-23-46)47-24-8-3-9-25-47/h1-36H. The average Bonchev–Trinajstić information content (AvgIpc) is 3.36. The van der Waals surface area contributed by atoms with Crippen LogP contribution >= 0.6 is 0 Å². The summed E-state index contributed by atoms with van der Waals surface area (Å²) in [6, 6.07) is 77.7. The first-order chi connectivity index (χ1) is 30.7. The van der Waals surface area contributed by atoms with Crippen LogP contribution in [0, 0.1) is 11.3 Å². The number of rotatable bonds is 7. The summed E-state index contributed by atoms with van der Waals surface area (Å²) < 4.78 is 7.27. The molecule has 0 amide bonds. The van der Waals surface area contributed by atoms with Crippen LogP contribution in [-0.4, -0.2) is 15.0 Å². The SMILES string of the molecule is N#Cc1ccc(-c2nc(-c3ccccc3)nc(-c3cccc(-c4cccc(-c5cccc6c5Oc5c(ccc7ccccc57)C6(c5ccccc5)c5ccccc5)c4)c3)n2)cc1. The molecule has 0 spiro atoms. The quantitative estimate of drug-likeness (QED) is 0.161. The van der Waals surface area contributed by atoms with Crippen LogP contribution < -0.4 is 4.74 Å². The van der Waals surface area contributed by atoms with Crippen molar-refractivity contribution in [3.05, 3.63) is 246 Å². The van der Waals surface area contributed by atoms with Gasteiger partial charge in [0, 0.05) is 38.8 Å². The number of hydrogen-bond acceptors (Lipinski definition) is 5. The van der Waals surface area contributed by atoms with Gasteiger partial charge < -0.3 is 4.74 Å². The third-order valence-electron chi connectivity index (χ3n) is 11.9. The van der Waals surface area contributed by atoms with Gasteiger partial charge in [-0.1, -0.05) is 182 Å². The van der Waals surface area contributed by atoms with E-state index in [9.17, 15) is 5.26 Å². The number of fused-ring (bicyclic) bond motifs is 4. The molecule has 0 aliphatic carbocycles. The minimum absolute atomic E-state index is 0.538. The van der Waals surface area contributed by atoms with Crippen molar-refractivity contribution < 1.29 is 4.74 Å². The van der Waals surface area contributed by atoms with Crippen molar-refractivity contribution in [2.45, 2.75) is 5.41 Å². The van der Waals surface area contributed by atoms with E-state index in [1.807, 2.05) is 54.6 Å². The highest BCUT2D eigenvalue weighted by Crippen LogP contribution is 2.58. The molecule has 0 bridgehead atoms. The van der Waals surface area contributed by atoms with E-state index >= 15 is 0 Å². The zero-order chi connectivity index (χ0) is 41.5. The molecule has 0 saturated carbocycles. The number of nitriles is 1. The second-order valence-corrected chi connectivity index (χ2v) is 15.5. The number of hydrogen-bond donors (Lipinski definition) is 0. The van der Waals surface area contributed by atoms with Crippen LogP contribution in [0.2, 0.25) is 0 Å². The highest BCUT2D eigenvalue weighted by Gasteiger charge is 2.46. The summed E-state index contributed by atoms with van der Waals surface area (Å²) in [6.45, 7) is 0. The molecule has 0 saturated heterocycles. The summed E-state index contributed by atoms with van der Waals surface area (Å²) >= 11 is 0. The lowest BCUT2D eigenvalue weighted by Gasteiger charge is -2.42. The highest BCUT2D eigenvalue weighted by molar-refractivity contribution is 5.94. The zero-order valence-electron chi connectivity index (χ0n) is 33.5. The Kier molecular flexibility index (Phi) is 9.03. The molecule has 1 aromatic heterocycles. The van der Waals surface area contributed by atoms with E-state index in [0.717, 1.165) is 72.3 Å². The maximum atomic E-state index is 9.42. The molecule has 10 aromatic rings. The molecule has 5 heteroatoms. The molecule has 0 N–H and O–H groups in total. The van der Waals surface area contributed by atoms with E-state index in [-0.39, 0.29) is 0 Å². The van der Waals surface area contributed by atoms with Crippen LogP contribution in [0.25, 0.3) is 67.2 Å². The number of ether oxygens (including phenoxy) is 1. The third kappa shape index (κ3) is 6.22. The van der Waals surface area contributed by atoms with Gasteiger partial charge in [0.2, 0.25) is 0 Å². The maximum absolute atomic E-state index is 9.42. The predicted octanol–water partition coefficient (Wildman–Crippen LogP) is 13.7. The molecule has 290 valence electrons. The zero-order valence-corrected chi connectivity index (χ0v) is 33.5. The second-order valence-electron chi connectivity index (χ2n) is 15.5. The topological polar surface area (TPSA) is 71.7 Å². The summed E-state index contributed by atoms with van der Waals surface area (Å²) in [4.78, 5) is 14.9. The lowest BCUT2D eigenvalue weighted by molar-refractivity contribution is 0.441. The molecule has 62 heavy (non-hydrogen) atoms. The molecule has 0 radical (unpaired) electrons. The molecular formula is C57H36N4O. The van der Waals surface area contributed by atoms with Gasteiger partial charge in [0.25, 0.3) is 0 Å². The van der Waals surface area contributed by atoms with Gasteiger partial charge in [0.05, 0.1) is 17.0 Å². The lowest BCUT2D eigenvalue weighted by atomic mass is 9.63. The number of benzene rings is 9. The Morgan fingerprint density at radius 1 is 0.387 bits per heavy atom. The van der Waals surface area contributed by atoms with Gasteiger partial charge >= 0.3 is 0 Å². The second kappa shape index (κ2) is 15.3. The Morgan fingerprint density at radius 3 is 1.55 bits per heavy atom. The van der Waals surface area contributed by atoms with Crippen molar-refractivity contribution >= 4 is 10.8 Å². The Bertz CT molecular complexity index is 3280. The normalized spacial score (nSPS) is 12.4. The summed E-state index contributed by atoms with van der Waals surface area (Å²) in [5.74, 6) is 3.38. The van der Waals surface area contributed by atoms with Gasteiger partial charge in [-0.3, -0.25) is 0 Å². The summed E-state index contributed by atoms with van der Waals surface area (Å²) in [5, 5.41) is 11.6. The fraction of sp³-hybridized carbons (Fsp3) is 0.0175. The fourth-order valence-electron chi connectivity index (χ4n) is 8.98. The van der Waals surface area contributed by atoms with E-state index in [4.69, 9.17) is 19.7 Å². The van der Waals surface area contributed by atoms with Crippen LogP contribution in [0.1, 0.15) is 27.8 Å². The molecule has 11 rings (SSSR count). The van der Waals surface area contributed by atoms with Crippen molar-refractivity contribution in [2.24, 2.45) is 0 Å². The third-order valence-corrected chi connectivity index (χ3v) is 11.9. The Morgan fingerprint density at radius 2 is 0.887 bits per heavy atom. The monoisotopic (exact) mass is 792 g/mol. The lowest BCUT2D eigenvalue weighted by Crippen LogP contribution is -2.34. The van der Waals surface area contributed by atoms with Crippen molar-refractivity contribution in [2.75, 3.05) is 0 Å². The van der Waals surface area contributed by atoms with Crippen molar-refractivity contribution in [3.63, 3.8) is 0 Å². The molecule has 0 fully saturated rings. The summed E-state index contributed by atoms with van der Waals surface area (Å²) in [5.41, 5.74) is 11.1.